The first-order valence-electron chi connectivity index (χ1n) is 4.90. The Labute approximate surface area is 99.6 Å². The average molecular weight is 259 g/mol. The molecule has 1 heterocycles. The molecule has 18 heavy (non-hydrogen) atoms. The first-order chi connectivity index (χ1) is 8.48. The maximum absolute atomic E-state index is 11.9. The van der Waals surface area contributed by atoms with Gasteiger partial charge >= 0.3 is 6.36 Å². The second-order valence-electron chi connectivity index (χ2n) is 3.36. The molecule has 0 aliphatic rings. The molecule has 4 nitrogen and oxygen atoms in total. The number of benzene rings is 1. The number of oxazole rings is 1. The van der Waals surface area contributed by atoms with Crippen molar-refractivity contribution in [1.82, 2.24) is 4.98 Å². The van der Waals surface area contributed by atoms with Crippen molar-refractivity contribution in [2.24, 2.45) is 0 Å². The first-order valence-corrected chi connectivity index (χ1v) is 4.90. The summed E-state index contributed by atoms with van der Waals surface area (Å²) in [6.45, 7) is -0.289. The summed E-state index contributed by atoms with van der Waals surface area (Å²) in [5.41, 5.74) is 0.490. The van der Waals surface area contributed by atoms with E-state index in [9.17, 15) is 13.2 Å². The van der Waals surface area contributed by atoms with E-state index in [0.29, 0.717) is 5.56 Å². The fourth-order valence-electron chi connectivity index (χ4n) is 1.31. The lowest BCUT2D eigenvalue weighted by molar-refractivity contribution is -0.274. The van der Waals surface area contributed by atoms with Crippen LogP contribution in [0, 0.1) is 0 Å². The van der Waals surface area contributed by atoms with Crippen LogP contribution in [-0.4, -0.2) is 16.5 Å². The van der Waals surface area contributed by atoms with Crippen LogP contribution in [0.1, 0.15) is 5.76 Å². The summed E-state index contributed by atoms with van der Waals surface area (Å²) in [6, 6.07) is 5.08. The predicted molar refractivity (Wildman–Crippen MR) is 54.5 cm³/mol. The van der Waals surface area contributed by atoms with Crippen LogP contribution in [0.15, 0.2) is 34.9 Å². The van der Waals surface area contributed by atoms with Gasteiger partial charge in [0.1, 0.15) is 18.1 Å². The van der Waals surface area contributed by atoms with Crippen LogP contribution >= 0.6 is 0 Å². The Morgan fingerprint density at radius 3 is 2.39 bits per heavy atom. The number of halogens is 3. The number of hydrogen-bond acceptors (Lipinski definition) is 4. The predicted octanol–water partition coefficient (Wildman–Crippen LogP) is 2.73. The summed E-state index contributed by atoms with van der Waals surface area (Å²) in [5.74, 6) is 0.179. The third-order valence-electron chi connectivity index (χ3n) is 2.04. The zero-order valence-electron chi connectivity index (χ0n) is 8.94. The molecule has 2 rings (SSSR count). The molecule has 1 N–H and O–H groups in total. The highest BCUT2D eigenvalue weighted by molar-refractivity contribution is 5.54. The minimum Gasteiger partial charge on any atom is -0.439 e. The number of ether oxygens (including phenoxy) is 1. The molecule has 0 spiro atoms. The normalized spacial score (nSPS) is 11.6. The second kappa shape index (κ2) is 4.69. The third-order valence-corrected chi connectivity index (χ3v) is 2.04. The molecule has 0 radical (unpaired) electrons. The van der Waals surface area contributed by atoms with E-state index in [0.717, 1.165) is 12.1 Å². The van der Waals surface area contributed by atoms with Crippen molar-refractivity contribution in [3.63, 3.8) is 0 Å². The zero-order valence-corrected chi connectivity index (χ0v) is 8.94. The first kappa shape index (κ1) is 12.4. The molecule has 7 heteroatoms. The van der Waals surface area contributed by atoms with Gasteiger partial charge in [0, 0.05) is 5.56 Å². The molecule has 0 aliphatic heterocycles. The molecule has 2 aromatic rings. The Morgan fingerprint density at radius 1 is 1.22 bits per heavy atom. The highest BCUT2D eigenvalue weighted by Gasteiger charge is 2.31. The Balaban J connectivity index is 2.17. The zero-order chi connectivity index (χ0) is 13.2. The Hall–Kier alpha value is -2.02. The van der Waals surface area contributed by atoms with E-state index in [2.05, 4.69) is 9.72 Å². The van der Waals surface area contributed by atoms with Crippen LogP contribution < -0.4 is 4.74 Å². The van der Waals surface area contributed by atoms with Gasteiger partial charge in [0.05, 0.1) is 6.20 Å². The van der Waals surface area contributed by atoms with Crippen LogP contribution in [0.5, 0.6) is 5.75 Å². The van der Waals surface area contributed by atoms with Gasteiger partial charge in [-0.05, 0) is 24.3 Å². The Bertz CT molecular complexity index is 519. The summed E-state index contributed by atoms with van der Waals surface area (Å²) in [7, 11) is 0. The molecule has 1 aromatic carbocycles. The van der Waals surface area contributed by atoms with Crippen molar-refractivity contribution >= 4 is 0 Å². The van der Waals surface area contributed by atoms with Gasteiger partial charge in [-0.2, -0.15) is 0 Å². The number of hydrogen-bond donors (Lipinski definition) is 1. The fraction of sp³-hybridized carbons (Fsp3) is 0.182. The van der Waals surface area contributed by atoms with Crippen molar-refractivity contribution in [2.45, 2.75) is 13.0 Å². The van der Waals surface area contributed by atoms with Gasteiger partial charge < -0.3 is 14.3 Å². The molecule has 0 unspecified atom stereocenters. The minimum atomic E-state index is -4.71. The topological polar surface area (TPSA) is 55.5 Å². The molecule has 0 aliphatic carbocycles. The molecule has 96 valence electrons. The quantitative estimate of drug-likeness (QED) is 0.920. The Kier molecular flexibility index (Phi) is 3.24. The number of rotatable bonds is 3. The molecular weight excluding hydrogens is 251 g/mol. The fourth-order valence-corrected chi connectivity index (χ4v) is 1.31. The number of nitrogens with zero attached hydrogens (tertiary/aromatic N) is 1. The monoisotopic (exact) mass is 259 g/mol. The van der Waals surface area contributed by atoms with Crippen molar-refractivity contribution < 1.29 is 27.4 Å². The van der Waals surface area contributed by atoms with Gasteiger partial charge in [0.2, 0.25) is 5.89 Å². The number of aliphatic hydroxyl groups is 1. The smallest absolute Gasteiger partial charge is 0.439 e. The second-order valence-corrected chi connectivity index (χ2v) is 3.36. The van der Waals surface area contributed by atoms with E-state index in [1.165, 1.54) is 18.3 Å². The lowest BCUT2D eigenvalue weighted by Gasteiger charge is -2.08. The Morgan fingerprint density at radius 2 is 1.89 bits per heavy atom. The summed E-state index contributed by atoms with van der Waals surface area (Å²) < 4.78 is 44.7. The van der Waals surface area contributed by atoms with Gasteiger partial charge in [0.25, 0.3) is 0 Å². The van der Waals surface area contributed by atoms with Gasteiger partial charge in [0.15, 0.2) is 0 Å². The van der Waals surface area contributed by atoms with E-state index < -0.39 is 6.36 Å². The molecule has 0 fully saturated rings. The van der Waals surface area contributed by atoms with E-state index in [4.69, 9.17) is 9.52 Å². The van der Waals surface area contributed by atoms with Crippen molar-refractivity contribution in [3.05, 3.63) is 36.2 Å². The number of aliphatic hydroxyl groups excluding tert-OH is 1. The highest BCUT2D eigenvalue weighted by atomic mass is 19.4. The van der Waals surface area contributed by atoms with Crippen LogP contribution in [0.4, 0.5) is 13.2 Å². The summed E-state index contributed by atoms with van der Waals surface area (Å²) in [4.78, 5) is 3.87. The third kappa shape index (κ3) is 3.01. The molecule has 0 atom stereocenters. The molecule has 0 bridgehead atoms. The molecular formula is C11H8F3NO3. The van der Waals surface area contributed by atoms with E-state index in [1.807, 2.05) is 0 Å². The lowest BCUT2D eigenvalue weighted by atomic mass is 10.2. The number of alkyl halides is 3. The molecule has 0 saturated carbocycles. The van der Waals surface area contributed by atoms with Crippen molar-refractivity contribution in [1.29, 1.82) is 0 Å². The summed E-state index contributed by atoms with van der Waals surface area (Å²) in [6.07, 6.45) is -3.37. The maximum atomic E-state index is 11.9. The van der Waals surface area contributed by atoms with Crippen LogP contribution in [0.25, 0.3) is 11.5 Å². The maximum Gasteiger partial charge on any atom is 0.573 e. The largest absolute Gasteiger partial charge is 0.573 e. The van der Waals surface area contributed by atoms with Gasteiger partial charge in [-0.15, -0.1) is 13.2 Å². The van der Waals surface area contributed by atoms with E-state index in [-0.39, 0.29) is 24.0 Å². The SMILES string of the molecule is OCc1cnc(-c2ccc(OC(F)(F)F)cc2)o1. The highest BCUT2D eigenvalue weighted by Crippen LogP contribution is 2.26. The summed E-state index contributed by atoms with van der Waals surface area (Å²) in [5, 5.41) is 8.79. The van der Waals surface area contributed by atoms with Crippen LogP contribution in [-0.2, 0) is 6.61 Å². The van der Waals surface area contributed by atoms with Crippen LogP contribution in [0.3, 0.4) is 0 Å². The van der Waals surface area contributed by atoms with Crippen molar-refractivity contribution in [3.8, 4) is 17.2 Å². The number of aromatic nitrogens is 1. The minimum absolute atomic E-state index is 0.220. The average Bonchev–Trinajstić information content (AvgIpc) is 2.76. The van der Waals surface area contributed by atoms with Gasteiger partial charge in [-0.25, -0.2) is 4.98 Å². The molecule has 0 saturated heterocycles. The molecule has 1 aromatic heterocycles. The standard InChI is InChI=1S/C11H8F3NO3/c12-11(13,14)18-8-3-1-7(2-4-8)10-15-5-9(6-16)17-10/h1-5,16H,6H2. The van der Waals surface area contributed by atoms with E-state index in [1.54, 1.807) is 0 Å². The van der Waals surface area contributed by atoms with Gasteiger partial charge in [-0.1, -0.05) is 0 Å². The lowest BCUT2D eigenvalue weighted by Crippen LogP contribution is -2.16. The van der Waals surface area contributed by atoms with Crippen LogP contribution in [0.2, 0.25) is 0 Å². The van der Waals surface area contributed by atoms with Crippen molar-refractivity contribution in [2.75, 3.05) is 0 Å². The van der Waals surface area contributed by atoms with Gasteiger partial charge in [-0.3, -0.25) is 0 Å². The summed E-state index contributed by atoms with van der Waals surface area (Å²) >= 11 is 0. The van der Waals surface area contributed by atoms with E-state index >= 15 is 0 Å². The molecule has 0 amide bonds.